The highest BCUT2D eigenvalue weighted by molar-refractivity contribution is 9.10. The van der Waals surface area contributed by atoms with Gasteiger partial charge >= 0.3 is 5.96 Å². The van der Waals surface area contributed by atoms with Gasteiger partial charge in [-0.25, -0.2) is 9.89 Å². The van der Waals surface area contributed by atoms with Gasteiger partial charge in [0.25, 0.3) is 5.96 Å². The van der Waals surface area contributed by atoms with E-state index < -0.39 is 0 Å². The van der Waals surface area contributed by atoms with Crippen LogP contribution in [0.15, 0.2) is 33.7 Å². The Labute approximate surface area is 127 Å². The number of nitrogens with zero attached hydrogens (tertiary/aromatic N) is 2. The van der Waals surface area contributed by atoms with E-state index in [1.54, 1.807) is 0 Å². The molecule has 0 saturated heterocycles. The Balaban J connectivity index is 0.00000180. The summed E-state index contributed by atoms with van der Waals surface area (Å²) >= 11 is 3.42. The molecule has 1 atom stereocenters. The number of guanidine groups is 2. The highest BCUT2D eigenvalue weighted by atomic mass is 79.9. The van der Waals surface area contributed by atoms with Crippen molar-refractivity contribution >= 4 is 33.5 Å². The molecule has 2 rings (SSSR count). The van der Waals surface area contributed by atoms with Gasteiger partial charge in [-0.2, -0.15) is 4.99 Å². The van der Waals surface area contributed by atoms with E-state index in [1.807, 2.05) is 28.8 Å². The summed E-state index contributed by atoms with van der Waals surface area (Å²) in [5.41, 5.74) is 12.7. The van der Waals surface area contributed by atoms with Gasteiger partial charge in [0.2, 0.25) is 0 Å². The highest BCUT2D eigenvalue weighted by Crippen LogP contribution is 2.21. The van der Waals surface area contributed by atoms with E-state index in [0.717, 1.165) is 23.0 Å². The van der Waals surface area contributed by atoms with Crippen LogP contribution < -0.4 is 29.2 Å². The maximum Gasteiger partial charge on any atom is 0.357 e. The van der Waals surface area contributed by atoms with Gasteiger partial charge in [0.1, 0.15) is 5.69 Å². The van der Waals surface area contributed by atoms with Crippen molar-refractivity contribution in [2.75, 3.05) is 0 Å². The van der Waals surface area contributed by atoms with Crippen LogP contribution in [0.3, 0.4) is 0 Å². The van der Waals surface area contributed by atoms with Crippen LogP contribution in [0.1, 0.15) is 19.8 Å². The van der Waals surface area contributed by atoms with Crippen LogP contribution in [-0.4, -0.2) is 22.7 Å². The minimum atomic E-state index is -0.0441. The zero-order valence-corrected chi connectivity index (χ0v) is 12.9. The Kier molecular flexibility index (Phi) is 5.62. The fourth-order valence-electron chi connectivity index (χ4n) is 1.97. The van der Waals surface area contributed by atoms with Gasteiger partial charge in [0.15, 0.2) is 6.17 Å². The summed E-state index contributed by atoms with van der Waals surface area (Å²) in [6.07, 6.45) is 1.87. The van der Waals surface area contributed by atoms with Crippen molar-refractivity contribution in [2.45, 2.75) is 25.9 Å². The molecular weight excluding hydrogens is 330 g/mol. The molecule has 1 aliphatic heterocycles. The first-order chi connectivity index (χ1) is 8.61. The van der Waals surface area contributed by atoms with Crippen molar-refractivity contribution in [1.82, 2.24) is 5.32 Å². The average molecular weight is 347 g/mol. The lowest BCUT2D eigenvalue weighted by Crippen LogP contribution is -3.00. The first-order valence-electron chi connectivity index (χ1n) is 5.89. The Morgan fingerprint density at radius 2 is 1.95 bits per heavy atom. The lowest BCUT2D eigenvalue weighted by Gasteiger charge is -2.22. The molecule has 0 radical (unpaired) electrons. The summed E-state index contributed by atoms with van der Waals surface area (Å²) in [5.74, 6) is 0.891. The molecule has 0 saturated carbocycles. The standard InChI is InChI=1S/C12H16BrN5.ClH/c1-2-3-10-16-11(14)17-12(15)18(10)9-6-4-8(13)5-7-9;/h4-7,10H,2-3H2,1H3,(H4,14,15,16,17);1H. The Morgan fingerprint density at radius 3 is 2.53 bits per heavy atom. The summed E-state index contributed by atoms with van der Waals surface area (Å²) in [4.78, 5) is 4.40. The van der Waals surface area contributed by atoms with Gasteiger partial charge in [0.05, 0.1) is 0 Å². The van der Waals surface area contributed by atoms with Crippen LogP contribution in [0, 0.1) is 0 Å². The first kappa shape index (κ1) is 15.8. The van der Waals surface area contributed by atoms with Crippen molar-refractivity contribution in [3.8, 4) is 0 Å². The molecule has 0 fully saturated rings. The maximum atomic E-state index is 6.02. The SMILES string of the molecule is CCCC1N=C(N)NC(N)=[N+]1c1ccc(Br)cc1.[Cl-]. The number of nitrogens with two attached hydrogens (primary N) is 2. The van der Waals surface area contributed by atoms with Gasteiger partial charge in [-0.15, -0.1) is 0 Å². The predicted octanol–water partition coefficient (Wildman–Crippen LogP) is -1.54. The molecule has 1 aromatic carbocycles. The van der Waals surface area contributed by atoms with Crippen LogP contribution in [-0.2, 0) is 0 Å². The Bertz CT molecular complexity index is 497. The molecule has 0 spiro atoms. The molecule has 104 valence electrons. The monoisotopic (exact) mass is 345 g/mol. The molecule has 1 heterocycles. The highest BCUT2D eigenvalue weighted by Gasteiger charge is 2.26. The normalized spacial score (nSPS) is 18.4. The predicted molar refractivity (Wildman–Crippen MR) is 76.7 cm³/mol. The van der Waals surface area contributed by atoms with Gasteiger partial charge in [0, 0.05) is 10.9 Å². The molecule has 0 aromatic heterocycles. The fraction of sp³-hybridized carbons (Fsp3) is 0.333. The molecule has 0 aliphatic carbocycles. The molecule has 1 aromatic rings. The lowest BCUT2D eigenvalue weighted by molar-refractivity contribution is -0.488. The molecular formula is C12H17BrClN5. The van der Waals surface area contributed by atoms with Crippen molar-refractivity contribution in [1.29, 1.82) is 0 Å². The number of hydrogen-bond acceptors (Lipinski definition) is 4. The lowest BCUT2D eigenvalue weighted by atomic mass is 10.2. The van der Waals surface area contributed by atoms with Gasteiger partial charge in [-0.1, -0.05) is 29.3 Å². The fourth-order valence-corrected chi connectivity index (χ4v) is 2.23. The summed E-state index contributed by atoms with van der Waals surface area (Å²) < 4.78 is 3.00. The summed E-state index contributed by atoms with van der Waals surface area (Å²) in [6, 6.07) is 7.96. The molecule has 5 nitrogen and oxygen atoms in total. The van der Waals surface area contributed by atoms with E-state index in [2.05, 4.69) is 33.2 Å². The molecule has 1 aliphatic rings. The number of benzene rings is 1. The van der Waals surface area contributed by atoms with E-state index in [1.165, 1.54) is 0 Å². The molecule has 19 heavy (non-hydrogen) atoms. The van der Waals surface area contributed by atoms with Crippen LogP contribution in [0.5, 0.6) is 0 Å². The summed E-state index contributed by atoms with van der Waals surface area (Å²) in [7, 11) is 0. The topological polar surface area (TPSA) is 79.4 Å². The molecule has 0 bridgehead atoms. The summed E-state index contributed by atoms with van der Waals surface area (Å²) in [5, 5.41) is 2.87. The Morgan fingerprint density at radius 1 is 1.32 bits per heavy atom. The zero-order valence-electron chi connectivity index (χ0n) is 10.6. The summed E-state index contributed by atoms with van der Waals surface area (Å²) in [6.45, 7) is 2.11. The molecule has 7 heteroatoms. The maximum absolute atomic E-state index is 6.02. The van der Waals surface area contributed by atoms with Crippen LogP contribution in [0.2, 0.25) is 0 Å². The first-order valence-corrected chi connectivity index (χ1v) is 6.68. The van der Waals surface area contributed by atoms with Crippen molar-refractivity contribution in [2.24, 2.45) is 16.5 Å². The van der Waals surface area contributed by atoms with Crippen molar-refractivity contribution < 1.29 is 17.0 Å². The van der Waals surface area contributed by atoms with Crippen LogP contribution in [0.25, 0.3) is 0 Å². The van der Waals surface area contributed by atoms with E-state index in [4.69, 9.17) is 11.5 Å². The second kappa shape index (κ2) is 6.77. The third-order valence-corrected chi connectivity index (χ3v) is 3.28. The van der Waals surface area contributed by atoms with E-state index in [9.17, 15) is 0 Å². The van der Waals surface area contributed by atoms with Gasteiger partial charge in [-0.05, 0) is 24.3 Å². The number of aliphatic imine (C=N–C) groups is 1. The number of halogens is 2. The third-order valence-electron chi connectivity index (χ3n) is 2.75. The Hall–Kier alpha value is -1.27. The van der Waals surface area contributed by atoms with E-state index in [-0.39, 0.29) is 18.6 Å². The number of rotatable bonds is 3. The quantitative estimate of drug-likeness (QED) is 0.580. The van der Waals surface area contributed by atoms with Crippen molar-refractivity contribution in [3.63, 3.8) is 0 Å². The molecule has 0 amide bonds. The average Bonchev–Trinajstić information content (AvgIpc) is 2.31. The minimum Gasteiger partial charge on any atom is -1.00 e. The molecule has 5 N–H and O–H groups in total. The largest absolute Gasteiger partial charge is 1.00 e. The minimum absolute atomic E-state index is 0. The number of nitrogens with one attached hydrogen (secondary N) is 1. The second-order valence-electron chi connectivity index (χ2n) is 4.14. The smallest absolute Gasteiger partial charge is 0.357 e. The van der Waals surface area contributed by atoms with Gasteiger partial charge < -0.3 is 18.1 Å². The van der Waals surface area contributed by atoms with Crippen LogP contribution in [0.4, 0.5) is 5.69 Å². The second-order valence-corrected chi connectivity index (χ2v) is 5.06. The van der Waals surface area contributed by atoms with Gasteiger partial charge in [-0.3, -0.25) is 5.73 Å². The van der Waals surface area contributed by atoms with Crippen molar-refractivity contribution in [3.05, 3.63) is 28.7 Å². The third kappa shape index (κ3) is 3.61. The number of hydrogen-bond donors (Lipinski definition) is 3. The van der Waals surface area contributed by atoms with E-state index in [0.29, 0.717) is 11.9 Å². The van der Waals surface area contributed by atoms with Crippen LogP contribution >= 0.6 is 15.9 Å². The van der Waals surface area contributed by atoms with E-state index >= 15 is 0 Å². The zero-order chi connectivity index (χ0) is 13.1. The molecule has 1 unspecified atom stereocenters.